The number of hydrogen-bond acceptors (Lipinski definition) is 1. The van der Waals surface area contributed by atoms with Crippen LogP contribution in [-0.2, 0) is 0 Å². The molecule has 0 aliphatic carbocycles. The molecule has 0 spiro atoms. The number of hydrogen-bond donors (Lipinski definition) is 0. The summed E-state index contributed by atoms with van der Waals surface area (Å²) in [6, 6.07) is -3.01. The predicted molar refractivity (Wildman–Crippen MR) is 31.7 cm³/mol. The molecule has 0 N–H and O–H groups in total. The van der Waals surface area contributed by atoms with Gasteiger partial charge in [0.1, 0.15) is 0 Å². The van der Waals surface area contributed by atoms with Gasteiger partial charge in [0.25, 0.3) is 0 Å². The van der Waals surface area contributed by atoms with E-state index in [9.17, 15) is 8.78 Å². The van der Waals surface area contributed by atoms with E-state index in [0.29, 0.717) is 0 Å². The lowest BCUT2D eigenvalue weighted by Crippen LogP contribution is -2.06. The standard InChI is InChI=1S/C6H5F2N/c7-6(8)4-2-1-3-5-9-6/h1-5H. The number of nitrogens with zero attached hydrogens (tertiary/aromatic N) is 1. The third-order valence-electron chi connectivity index (χ3n) is 0.852. The van der Waals surface area contributed by atoms with Crippen LogP contribution in [0.1, 0.15) is 0 Å². The van der Waals surface area contributed by atoms with Gasteiger partial charge in [-0.25, -0.2) is 4.99 Å². The molecular weight excluding hydrogens is 124 g/mol. The Morgan fingerprint density at radius 3 is 2.67 bits per heavy atom. The number of alkyl halides is 2. The first-order valence-electron chi connectivity index (χ1n) is 2.48. The van der Waals surface area contributed by atoms with E-state index in [0.717, 1.165) is 12.3 Å². The molecule has 0 saturated carbocycles. The molecular formula is C6H5F2N. The summed E-state index contributed by atoms with van der Waals surface area (Å²) < 4.78 is 24.3. The zero-order valence-corrected chi connectivity index (χ0v) is 4.59. The predicted octanol–water partition coefficient (Wildman–Crippen LogP) is 1.78. The molecule has 0 saturated heterocycles. The summed E-state index contributed by atoms with van der Waals surface area (Å²) in [6.07, 6.45) is 6.06. The van der Waals surface area contributed by atoms with Crippen LogP contribution in [0.2, 0.25) is 0 Å². The normalized spacial score (nSPS) is 22.0. The lowest BCUT2D eigenvalue weighted by atomic mass is 10.4. The minimum absolute atomic E-state index is 0.743. The molecule has 1 heterocycles. The van der Waals surface area contributed by atoms with Gasteiger partial charge in [-0.15, -0.1) is 0 Å². The lowest BCUT2D eigenvalue weighted by Gasteiger charge is -2.00. The van der Waals surface area contributed by atoms with Gasteiger partial charge in [0, 0.05) is 12.3 Å². The molecule has 0 unspecified atom stereocenters. The summed E-state index contributed by atoms with van der Waals surface area (Å²) >= 11 is 0. The fraction of sp³-hybridized carbons (Fsp3) is 0.167. The Kier molecular flexibility index (Phi) is 1.42. The summed E-state index contributed by atoms with van der Waals surface area (Å²) in [5, 5.41) is 0. The number of halogens is 2. The Balaban J connectivity index is 2.82. The van der Waals surface area contributed by atoms with E-state index >= 15 is 0 Å². The fourth-order valence-electron chi connectivity index (χ4n) is 0.471. The van der Waals surface area contributed by atoms with Crippen molar-refractivity contribution in [3.63, 3.8) is 0 Å². The van der Waals surface area contributed by atoms with E-state index < -0.39 is 6.05 Å². The Bertz CT molecular complexity index is 161. The molecule has 3 heteroatoms. The molecule has 1 rings (SSSR count). The minimum Gasteiger partial charge on any atom is -0.221 e. The third kappa shape index (κ3) is 1.76. The first-order valence-corrected chi connectivity index (χ1v) is 2.48. The summed E-state index contributed by atoms with van der Waals surface area (Å²) in [7, 11) is 0. The van der Waals surface area contributed by atoms with Crippen LogP contribution in [0, 0.1) is 0 Å². The van der Waals surface area contributed by atoms with Crippen molar-refractivity contribution in [3.8, 4) is 0 Å². The van der Waals surface area contributed by atoms with Crippen molar-refractivity contribution in [2.75, 3.05) is 0 Å². The lowest BCUT2D eigenvalue weighted by molar-refractivity contribution is 0.0670. The smallest absolute Gasteiger partial charge is 0.221 e. The van der Waals surface area contributed by atoms with Gasteiger partial charge in [0.15, 0.2) is 0 Å². The van der Waals surface area contributed by atoms with Gasteiger partial charge < -0.3 is 0 Å². The molecule has 0 radical (unpaired) electrons. The SMILES string of the molecule is FC1(F)C=CC=CC=N1. The molecule has 0 bridgehead atoms. The van der Waals surface area contributed by atoms with Gasteiger partial charge in [-0.05, 0) is 6.08 Å². The molecule has 0 aromatic carbocycles. The van der Waals surface area contributed by atoms with Crippen molar-refractivity contribution in [1.29, 1.82) is 0 Å². The number of rotatable bonds is 0. The van der Waals surface area contributed by atoms with E-state index in [4.69, 9.17) is 0 Å². The maximum absolute atomic E-state index is 12.1. The Morgan fingerprint density at radius 1 is 1.11 bits per heavy atom. The highest BCUT2D eigenvalue weighted by molar-refractivity contribution is 5.72. The van der Waals surface area contributed by atoms with E-state index in [1.165, 1.54) is 18.2 Å². The summed E-state index contributed by atoms with van der Waals surface area (Å²) in [4.78, 5) is 2.92. The first-order chi connectivity index (χ1) is 4.21. The second kappa shape index (κ2) is 2.09. The highest BCUT2D eigenvalue weighted by Crippen LogP contribution is 2.17. The minimum atomic E-state index is -3.01. The van der Waals surface area contributed by atoms with Gasteiger partial charge in [-0.2, -0.15) is 8.78 Å². The summed E-state index contributed by atoms with van der Waals surface area (Å²) in [5.74, 6) is 0. The quantitative estimate of drug-likeness (QED) is 0.442. The highest BCUT2D eigenvalue weighted by atomic mass is 19.3. The molecule has 1 aliphatic heterocycles. The van der Waals surface area contributed by atoms with Crippen LogP contribution >= 0.6 is 0 Å². The van der Waals surface area contributed by atoms with Gasteiger partial charge in [0.2, 0.25) is 0 Å². The molecule has 48 valence electrons. The van der Waals surface area contributed by atoms with Crippen LogP contribution in [0.25, 0.3) is 0 Å². The van der Waals surface area contributed by atoms with E-state index in [-0.39, 0.29) is 0 Å². The van der Waals surface area contributed by atoms with Gasteiger partial charge in [0.05, 0.1) is 0 Å². The molecule has 0 aromatic rings. The van der Waals surface area contributed by atoms with Crippen molar-refractivity contribution in [2.45, 2.75) is 6.05 Å². The maximum Gasteiger partial charge on any atom is 0.362 e. The van der Waals surface area contributed by atoms with Crippen LogP contribution in [0.3, 0.4) is 0 Å². The molecule has 1 aliphatic rings. The Morgan fingerprint density at radius 2 is 1.89 bits per heavy atom. The molecule has 0 amide bonds. The van der Waals surface area contributed by atoms with Gasteiger partial charge >= 0.3 is 6.05 Å². The zero-order chi connectivity index (χ0) is 6.74. The second-order valence-corrected chi connectivity index (χ2v) is 1.61. The van der Waals surface area contributed by atoms with Crippen LogP contribution in [0.5, 0.6) is 0 Å². The van der Waals surface area contributed by atoms with Crippen molar-refractivity contribution < 1.29 is 8.78 Å². The zero-order valence-electron chi connectivity index (χ0n) is 4.59. The number of aliphatic imine (C=N–C) groups is 1. The molecule has 0 aromatic heterocycles. The Hall–Kier alpha value is -0.990. The monoisotopic (exact) mass is 129 g/mol. The first kappa shape index (κ1) is 6.13. The number of allylic oxidation sites excluding steroid dienone is 3. The maximum atomic E-state index is 12.1. The Labute approximate surface area is 51.4 Å². The average molecular weight is 129 g/mol. The van der Waals surface area contributed by atoms with Gasteiger partial charge in [-0.3, -0.25) is 0 Å². The van der Waals surface area contributed by atoms with Crippen LogP contribution in [0.4, 0.5) is 8.78 Å². The van der Waals surface area contributed by atoms with Crippen molar-refractivity contribution in [2.24, 2.45) is 4.99 Å². The summed E-state index contributed by atoms with van der Waals surface area (Å²) in [5.41, 5.74) is 0. The van der Waals surface area contributed by atoms with Crippen molar-refractivity contribution in [1.82, 2.24) is 0 Å². The van der Waals surface area contributed by atoms with Crippen LogP contribution < -0.4 is 0 Å². The summed E-state index contributed by atoms with van der Waals surface area (Å²) in [6.45, 7) is 0. The van der Waals surface area contributed by atoms with E-state index in [1.54, 1.807) is 0 Å². The molecule has 1 nitrogen and oxygen atoms in total. The van der Waals surface area contributed by atoms with Crippen molar-refractivity contribution in [3.05, 3.63) is 24.3 Å². The van der Waals surface area contributed by atoms with Crippen molar-refractivity contribution >= 4 is 6.21 Å². The fourth-order valence-corrected chi connectivity index (χ4v) is 0.471. The molecule has 9 heavy (non-hydrogen) atoms. The van der Waals surface area contributed by atoms with Crippen LogP contribution in [0.15, 0.2) is 29.3 Å². The topological polar surface area (TPSA) is 12.4 Å². The highest BCUT2D eigenvalue weighted by Gasteiger charge is 2.21. The largest absolute Gasteiger partial charge is 0.362 e. The molecule has 0 atom stereocenters. The molecule has 0 fully saturated rings. The third-order valence-corrected chi connectivity index (χ3v) is 0.852. The van der Waals surface area contributed by atoms with Crippen LogP contribution in [-0.4, -0.2) is 12.3 Å². The van der Waals surface area contributed by atoms with E-state index in [1.807, 2.05) is 0 Å². The van der Waals surface area contributed by atoms with E-state index in [2.05, 4.69) is 4.99 Å². The van der Waals surface area contributed by atoms with Gasteiger partial charge in [-0.1, -0.05) is 12.2 Å². The average Bonchev–Trinajstić information content (AvgIpc) is 1.92. The second-order valence-electron chi connectivity index (χ2n) is 1.61.